The van der Waals surface area contributed by atoms with Crippen LogP contribution in [0.15, 0.2) is 52.4 Å². The number of amides is 1. The predicted octanol–water partition coefficient (Wildman–Crippen LogP) is 3.85. The molecule has 154 valence electrons. The Morgan fingerprint density at radius 1 is 1.10 bits per heavy atom. The highest BCUT2D eigenvalue weighted by Crippen LogP contribution is 2.24. The molecule has 1 amide bonds. The average molecular weight is 436 g/mol. The molecule has 0 aliphatic carbocycles. The molecule has 0 aromatic heterocycles. The predicted molar refractivity (Wildman–Crippen MR) is 113 cm³/mol. The van der Waals surface area contributed by atoms with Gasteiger partial charge in [0.2, 0.25) is 0 Å². The molecule has 3 rings (SSSR count). The van der Waals surface area contributed by atoms with Crippen molar-refractivity contribution in [3.05, 3.63) is 53.1 Å². The van der Waals surface area contributed by atoms with E-state index in [1.54, 1.807) is 12.1 Å². The molecule has 0 atom stereocenters. The van der Waals surface area contributed by atoms with Crippen LogP contribution in [0.2, 0.25) is 5.02 Å². The zero-order valence-corrected chi connectivity index (χ0v) is 17.5. The maximum atomic E-state index is 12.6. The summed E-state index contributed by atoms with van der Waals surface area (Å²) in [6.45, 7) is 0.635. The van der Waals surface area contributed by atoms with Gasteiger partial charge in [0.25, 0.3) is 15.9 Å². The maximum absolute atomic E-state index is 12.6. The number of hydrogen-bond acceptors (Lipinski definition) is 5. The number of carbonyl (C=O) groups is 1. The number of ether oxygens (including phenoxy) is 1. The smallest absolute Gasteiger partial charge is 0.262 e. The number of hydrogen-bond donors (Lipinski definition) is 2. The summed E-state index contributed by atoms with van der Waals surface area (Å²) in [5.74, 6) is 0.471. The minimum atomic E-state index is -3.72. The fraction of sp³-hybridized carbons (Fsp3) is 0.300. The van der Waals surface area contributed by atoms with Gasteiger partial charge in [-0.05, 0) is 55.3 Å². The van der Waals surface area contributed by atoms with E-state index >= 15 is 0 Å². The molecule has 2 aromatic carbocycles. The number of sulfonamides is 1. The van der Waals surface area contributed by atoms with Gasteiger partial charge in [0.1, 0.15) is 11.6 Å². The van der Waals surface area contributed by atoms with Crippen molar-refractivity contribution >= 4 is 39.1 Å². The molecule has 0 spiro atoms. The molecule has 2 aromatic rings. The van der Waals surface area contributed by atoms with Crippen molar-refractivity contribution in [3.8, 4) is 5.75 Å². The van der Waals surface area contributed by atoms with Gasteiger partial charge in [0.05, 0.1) is 17.6 Å². The second-order valence-corrected chi connectivity index (χ2v) is 8.69. The van der Waals surface area contributed by atoms with Crippen LogP contribution < -0.4 is 14.8 Å². The average Bonchev–Trinajstić information content (AvgIpc) is 2.96. The molecule has 0 saturated carbocycles. The Kier molecular flexibility index (Phi) is 6.76. The molecule has 0 fully saturated rings. The Hall–Kier alpha value is -2.58. The molecule has 1 aliphatic heterocycles. The number of carbonyl (C=O) groups excluding carboxylic acids is 1. The normalized spacial score (nSPS) is 14.5. The van der Waals surface area contributed by atoms with Crippen LogP contribution in [0.3, 0.4) is 0 Å². The molecule has 0 bridgehead atoms. The number of nitrogens with zero attached hydrogens (tertiary/aromatic N) is 1. The first-order chi connectivity index (χ1) is 13.9. The van der Waals surface area contributed by atoms with Crippen LogP contribution in [0.1, 0.15) is 36.0 Å². The standard InChI is InChI=1S/C20H22ClN3O4S/c1-28-18-11-6-14(21)13-17(18)20(25)23-15-7-9-16(10-8-15)29(26,27)24-19-5-3-2-4-12-22-19/h6-11,13H,2-5,12H2,1H3,(H,22,24)(H,23,25). The van der Waals surface area contributed by atoms with Gasteiger partial charge in [-0.2, -0.15) is 0 Å². The zero-order valence-electron chi connectivity index (χ0n) is 15.9. The third-order valence-electron chi connectivity index (χ3n) is 4.46. The van der Waals surface area contributed by atoms with Gasteiger partial charge >= 0.3 is 0 Å². The lowest BCUT2D eigenvalue weighted by Crippen LogP contribution is -2.30. The molecule has 0 unspecified atom stereocenters. The Morgan fingerprint density at radius 2 is 1.86 bits per heavy atom. The van der Waals surface area contributed by atoms with E-state index in [-0.39, 0.29) is 10.5 Å². The van der Waals surface area contributed by atoms with Crippen molar-refractivity contribution in [2.45, 2.75) is 30.6 Å². The molecular weight excluding hydrogens is 414 g/mol. The first-order valence-electron chi connectivity index (χ1n) is 9.20. The summed E-state index contributed by atoms with van der Waals surface area (Å²) < 4.78 is 32.9. The van der Waals surface area contributed by atoms with Gasteiger partial charge in [-0.25, -0.2) is 8.42 Å². The van der Waals surface area contributed by atoms with Crippen molar-refractivity contribution in [2.24, 2.45) is 4.99 Å². The summed E-state index contributed by atoms with van der Waals surface area (Å²) in [6, 6.07) is 10.7. The second-order valence-electron chi connectivity index (χ2n) is 6.57. The van der Waals surface area contributed by atoms with Crippen molar-refractivity contribution in [2.75, 3.05) is 19.0 Å². The second kappa shape index (κ2) is 9.28. The molecular formula is C20H22ClN3O4S. The highest BCUT2D eigenvalue weighted by Gasteiger charge is 2.18. The molecule has 29 heavy (non-hydrogen) atoms. The molecule has 7 nitrogen and oxygen atoms in total. The van der Waals surface area contributed by atoms with Crippen LogP contribution >= 0.6 is 11.6 Å². The lowest BCUT2D eigenvalue weighted by atomic mass is 10.2. The number of rotatable bonds is 5. The minimum Gasteiger partial charge on any atom is -0.496 e. The SMILES string of the molecule is COc1ccc(Cl)cc1C(=O)Nc1ccc(S(=O)(=O)NC2=NCCCCC2)cc1. The van der Waals surface area contributed by atoms with E-state index in [4.69, 9.17) is 16.3 Å². The van der Waals surface area contributed by atoms with E-state index < -0.39 is 15.9 Å². The van der Waals surface area contributed by atoms with Crippen LogP contribution in [0, 0.1) is 0 Å². The van der Waals surface area contributed by atoms with Gasteiger partial charge in [-0.1, -0.05) is 18.0 Å². The van der Waals surface area contributed by atoms with Gasteiger partial charge in [-0.15, -0.1) is 0 Å². The summed E-state index contributed by atoms with van der Waals surface area (Å²) in [4.78, 5) is 16.9. The van der Waals surface area contributed by atoms with Crippen molar-refractivity contribution in [3.63, 3.8) is 0 Å². The summed E-state index contributed by atoms with van der Waals surface area (Å²) in [5, 5.41) is 3.12. The van der Waals surface area contributed by atoms with Crippen LogP contribution in [0.5, 0.6) is 5.75 Å². The van der Waals surface area contributed by atoms with Gasteiger partial charge < -0.3 is 10.1 Å². The van der Waals surface area contributed by atoms with E-state index in [1.807, 2.05) is 0 Å². The highest BCUT2D eigenvalue weighted by atomic mass is 35.5. The molecule has 1 heterocycles. The summed E-state index contributed by atoms with van der Waals surface area (Å²) >= 11 is 5.96. The van der Waals surface area contributed by atoms with E-state index in [0.29, 0.717) is 35.3 Å². The van der Waals surface area contributed by atoms with Crippen LogP contribution in [0.25, 0.3) is 0 Å². The van der Waals surface area contributed by atoms with Gasteiger partial charge in [0.15, 0.2) is 0 Å². The highest BCUT2D eigenvalue weighted by molar-refractivity contribution is 7.90. The van der Waals surface area contributed by atoms with E-state index in [9.17, 15) is 13.2 Å². The van der Waals surface area contributed by atoms with Crippen LogP contribution in [-0.2, 0) is 10.0 Å². The number of anilines is 1. The lowest BCUT2D eigenvalue weighted by Gasteiger charge is -2.12. The third kappa shape index (κ3) is 5.48. The molecule has 0 saturated heterocycles. The third-order valence-corrected chi connectivity index (χ3v) is 6.09. The maximum Gasteiger partial charge on any atom is 0.262 e. The Morgan fingerprint density at radius 3 is 2.59 bits per heavy atom. The number of amidine groups is 1. The van der Waals surface area contributed by atoms with E-state index in [2.05, 4.69) is 15.0 Å². The number of benzene rings is 2. The molecule has 9 heteroatoms. The number of aliphatic imine (C=N–C) groups is 1. The minimum absolute atomic E-state index is 0.0998. The van der Waals surface area contributed by atoms with Crippen molar-refractivity contribution in [1.29, 1.82) is 0 Å². The van der Waals surface area contributed by atoms with E-state index in [0.717, 1.165) is 19.3 Å². The van der Waals surface area contributed by atoms with Gasteiger partial charge in [-0.3, -0.25) is 14.5 Å². The number of methoxy groups -OCH3 is 1. The Labute approximate surface area is 175 Å². The summed E-state index contributed by atoms with van der Waals surface area (Å²) in [7, 11) is -2.26. The van der Waals surface area contributed by atoms with Crippen molar-refractivity contribution in [1.82, 2.24) is 4.72 Å². The Balaban J connectivity index is 1.72. The lowest BCUT2D eigenvalue weighted by molar-refractivity contribution is 0.102. The van der Waals surface area contributed by atoms with Crippen LogP contribution in [-0.4, -0.2) is 33.8 Å². The fourth-order valence-corrected chi connectivity index (χ4v) is 4.21. The largest absolute Gasteiger partial charge is 0.496 e. The van der Waals surface area contributed by atoms with Crippen LogP contribution in [0.4, 0.5) is 5.69 Å². The first-order valence-corrected chi connectivity index (χ1v) is 11.1. The molecule has 0 radical (unpaired) electrons. The fourth-order valence-electron chi connectivity index (χ4n) is 2.94. The quantitative estimate of drug-likeness (QED) is 0.745. The summed E-state index contributed by atoms with van der Waals surface area (Å²) in [5.41, 5.74) is 0.729. The topological polar surface area (TPSA) is 96.9 Å². The zero-order chi connectivity index (χ0) is 20.9. The monoisotopic (exact) mass is 435 g/mol. The molecule has 1 aliphatic rings. The Bertz CT molecular complexity index is 1020. The number of nitrogens with one attached hydrogen (secondary N) is 2. The first kappa shape index (κ1) is 21.1. The summed E-state index contributed by atoms with van der Waals surface area (Å²) in [6.07, 6.45) is 3.55. The molecule has 2 N–H and O–H groups in total. The van der Waals surface area contributed by atoms with Gasteiger partial charge in [0, 0.05) is 23.7 Å². The van der Waals surface area contributed by atoms with E-state index in [1.165, 1.54) is 37.4 Å². The number of halogens is 1. The van der Waals surface area contributed by atoms with Crippen molar-refractivity contribution < 1.29 is 17.9 Å².